The van der Waals surface area contributed by atoms with E-state index in [-0.39, 0.29) is 24.3 Å². The monoisotopic (exact) mass is 633 g/mol. The van der Waals surface area contributed by atoms with Gasteiger partial charge in [0.1, 0.15) is 29.3 Å². The third kappa shape index (κ3) is 10.7. The fourth-order valence-corrected chi connectivity index (χ4v) is 5.11. The first-order valence-corrected chi connectivity index (χ1v) is 16.1. The minimum atomic E-state index is -1.09. The number of carbonyl (C=O) groups is 4. The molecule has 2 N–H and O–H groups in total. The van der Waals surface area contributed by atoms with Gasteiger partial charge in [0.05, 0.1) is 0 Å². The Balaban J connectivity index is 2.07. The molecule has 9 heteroatoms. The Morgan fingerprint density at radius 2 is 1.57 bits per heavy atom. The average Bonchev–Trinajstić information content (AvgIpc) is 3.81. The van der Waals surface area contributed by atoms with Crippen molar-refractivity contribution in [1.29, 1.82) is 0 Å². The van der Waals surface area contributed by atoms with Crippen LogP contribution in [0.4, 0.5) is 4.79 Å². The standard InChI is InChI=1S/C37H51N3O6/c1-10-24(3)30(39-35(44)46-37(7,8)9)33(42)40(28-20-21-28)31(27-19-15-18-25(11-2)22-27)32(41)38-29(34(43)45-36(4,5)6)23-26-16-13-12-14-17-26/h11-19,22,24,28-31H,2,10,20-21,23H2,1,3-9H3,(H,38,41)(H,39,44). The van der Waals surface area contributed by atoms with Crippen molar-refractivity contribution in [2.45, 2.75) is 116 Å². The largest absolute Gasteiger partial charge is 0.458 e. The molecule has 1 aliphatic carbocycles. The summed E-state index contributed by atoms with van der Waals surface area (Å²) in [6.07, 6.45) is 3.18. The number of carbonyl (C=O) groups excluding carboxylic acids is 4. The minimum absolute atomic E-state index is 0.202. The predicted molar refractivity (Wildman–Crippen MR) is 180 cm³/mol. The molecular weight excluding hydrogens is 582 g/mol. The van der Waals surface area contributed by atoms with Crippen molar-refractivity contribution in [3.05, 3.63) is 77.9 Å². The van der Waals surface area contributed by atoms with Crippen molar-refractivity contribution < 1.29 is 28.7 Å². The number of benzene rings is 2. The van der Waals surface area contributed by atoms with Crippen molar-refractivity contribution in [2.75, 3.05) is 0 Å². The number of amides is 3. The number of hydrogen-bond acceptors (Lipinski definition) is 6. The molecule has 0 radical (unpaired) electrons. The van der Waals surface area contributed by atoms with E-state index >= 15 is 0 Å². The Morgan fingerprint density at radius 3 is 2.11 bits per heavy atom. The molecule has 3 rings (SSSR count). The molecule has 1 saturated carbocycles. The van der Waals surface area contributed by atoms with E-state index in [0.29, 0.717) is 24.8 Å². The molecule has 0 aliphatic heterocycles. The lowest BCUT2D eigenvalue weighted by atomic mass is 9.95. The molecule has 0 spiro atoms. The number of nitrogens with one attached hydrogen (secondary N) is 2. The van der Waals surface area contributed by atoms with Crippen LogP contribution in [-0.4, -0.2) is 58.1 Å². The number of esters is 1. The maximum Gasteiger partial charge on any atom is 0.408 e. The van der Waals surface area contributed by atoms with E-state index in [9.17, 15) is 19.2 Å². The second-order valence-corrected chi connectivity index (χ2v) is 14.0. The zero-order chi connectivity index (χ0) is 34.2. The third-order valence-corrected chi connectivity index (χ3v) is 7.63. The van der Waals surface area contributed by atoms with Crippen LogP contribution >= 0.6 is 0 Å². The summed E-state index contributed by atoms with van der Waals surface area (Å²) in [5, 5.41) is 5.75. The van der Waals surface area contributed by atoms with Gasteiger partial charge in [-0.3, -0.25) is 9.59 Å². The number of nitrogens with zero attached hydrogens (tertiary/aromatic N) is 1. The molecule has 46 heavy (non-hydrogen) atoms. The summed E-state index contributed by atoms with van der Waals surface area (Å²) in [6, 6.07) is 13.4. The number of rotatable bonds is 13. The van der Waals surface area contributed by atoms with Crippen LogP contribution in [0.2, 0.25) is 0 Å². The lowest BCUT2D eigenvalue weighted by Gasteiger charge is -2.37. The highest BCUT2D eigenvalue weighted by Gasteiger charge is 2.46. The normalized spacial score (nSPS) is 15.8. The Bertz CT molecular complexity index is 1370. The molecule has 9 nitrogen and oxygen atoms in total. The van der Waals surface area contributed by atoms with Gasteiger partial charge in [-0.2, -0.15) is 0 Å². The summed E-state index contributed by atoms with van der Waals surface area (Å²) in [5.74, 6) is -1.73. The van der Waals surface area contributed by atoms with Crippen molar-refractivity contribution in [2.24, 2.45) is 5.92 Å². The van der Waals surface area contributed by atoms with Gasteiger partial charge in [-0.15, -0.1) is 0 Å². The topological polar surface area (TPSA) is 114 Å². The Morgan fingerprint density at radius 1 is 0.935 bits per heavy atom. The summed E-state index contributed by atoms with van der Waals surface area (Å²) >= 11 is 0. The fraction of sp³-hybridized carbons (Fsp3) is 0.514. The highest BCUT2D eigenvalue weighted by molar-refractivity contribution is 5.94. The third-order valence-electron chi connectivity index (χ3n) is 7.63. The number of alkyl carbamates (subject to hydrolysis) is 1. The molecule has 1 aliphatic rings. The second kappa shape index (κ2) is 15.4. The van der Waals surface area contributed by atoms with E-state index in [4.69, 9.17) is 9.47 Å². The average molecular weight is 634 g/mol. The van der Waals surface area contributed by atoms with Crippen molar-refractivity contribution in [1.82, 2.24) is 15.5 Å². The zero-order valence-electron chi connectivity index (χ0n) is 28.6. The smallest absolute Gasteiger partial charge is 0.408 e. The van der Waals surface area contributed by atoms with Crippen molar-refractivity contribution in [3.63, 3.8) is 0 Å². The van der Waals surface area contributed by atoms with Crippen LogP contribution in [0.3, 0.4) is 0 Å². The number of ether oxygens (including phenoxy) is 2. The van der Waals surface area contributed by atoms with Gasteiger partial charge < -0.3 is 25.0 Å². The molecule has 1 fully saturated rings. The summed E-state index contributed by atoms with van der Waals surface area (Å²) < 4.78 is 11.2. The summed E-state index contributed by atoms with van der Waals surface area (Å²) in [4.78, 5) is 57.1. The Hall–Kier alpha value is -4.14. The van der Waals surface area contributed by atoms with Gasteiger partial charge in [-0.1, -0.05) is 81.5 Å². The first-order chi connectivity index (χ1) is 21.5. The molecule has 2 aromatic rings. The zero-order valence-corrected chi connectivity index (χ0v) is 28.6. The highest BCUT2D eigenvalue weighted by Crippen LogP contribution is 2.37. The molecule has 0 saturated heterocycles. The van der Waals surface area contributed by atoms with E-state index in [2.05, 4.69) is 17.2 Å². The van der Waals surface area contributed by atoms with Crippen LogP contribution in [0.15, 0.2) is 61.2 Å². The highest BCUT2D eigenvalue weighted by atomic mass is 16.6. The van der Waals surface area contributed by atoms with Gasteiger partial charge in [-0.05, 0) is 83.1 Å². The van der Waals surface area contributed by atoms with Crippen LogP contribution in [-0.2, 0) is 30.3 Å². The Kier molecular flexibility index (Phi) is 12.2. The van der Waals surface area contributed by atoms with Gasteiger partial charge in [0.15, 0.2) is 0 Å². The molecule has 0 heterocycles. The number of hydrogen-bond donors (Lipinski definition) is 2. The van der Waals surface area contributed by atoms with Gasteiger partial charge in [-0.25, -0.2) is 9.59 Å². The lowest BCUT2D eigenvalue weighted by molar-refractivity contribution is -0.159. The van der Waals surface area contributed by atoms with Crippen molar-refractivity contribution >= 4 is 30.0 Å². The van der Waals surface area contributed by atoms with Gasteiger partial charge >= 0.3 is 12.1 Å². The molecule has 2 aromatic carbocycles. The van der Waals surface area contributed by atoms with E-state index in [1.165, 1.54) is 0 Å². The van der Waals surface area contributed by atoms with Crippen LogP contribution in [0.25, 0.3) is 6.08 Å². The van der Waals surface area contributed by atoms with E-state index in [0.717, 1.165) is 11.1 Å². The maximum atomic E-state index is 14.6. The Labute approximate surface area is 274 Å². The lowest BCUT2D eigenvalue weighted by Crippen LogP contribution is -2.57. The molecule has 4 unspecified atom stereocenters. The van der Waals surface area contributed by atoms with Gasteiger partial charge in [0.2, 0.25) is 11.8 Å². The second-order valence-electron chi connectivity index (χ2n) is 14.0. The van der Waals surface area contributed by atoms with Crippen LogP contribution in [0, 0.1) is 5.92 Å². The maximum absolute atomic E-state index is 14.6. The predicted octanol–water partition coefficient (Wildman–Crippen LogP) is 6.37. The molecule has 250 valence electrons. The fourth-order valence-electron chi connectivity index (χ4n) is 5.11. The molecule has 4 atom stereocenters. The summed E-state index contributed by atoms with van der Waals surface area (Å²) in [6.45, 7) is 18.3. The van der Waals surface area contributed by atoms with E-state index < -0.39 is 47.3 Å². The first-order valence-electron chi connectivity index (χ1n) is 16.1. The van der Waals surface area contributed by atoms with E-state index in [1.54, 1.807) is 58.6 Å². The summed E-state index contributed by atoms with van der Waals surface area (Å²) in [7, 11) is 0. The van der Waals surface area contributed by atoms with E-state index in [1.807, 2.05) is 62.4 Å². The van der Waals surface area contributed by atoms with Crippen LogP contribution < -0.4 is 10.6 Å². The minimum Gasteiger partial charge on any atom is -0.458 e. The quantitative estimate of drug-likeness (QED) is 0.248. The molecular formula is C37H51N3O6. The van der Waals surface area contributed by atoms with Crippen molar-refractivity contribution in [3.8, 4) is 0 Å². The molecule has 0 bridgehead atoms. The molecule has 0 aromatic heterocycles. The van der Waals surface area contributed by atoms with Gasteiger partial charge in [0.25, 0.3) is 0 Å². The van der Waals surface area contributed by atoms with Crippen LogP contribution in [0.5, 0.6) is 0 Å². The SMILES string of the molecule is C=Cc1cccc(C(C(=O)NC(Cc2ccccc2)C(=O)OC(C)(C)C)N(C(=O)C(NC(=O)OC(C)(C)C)C(C)CC)C2CC2)c1. The first kappa shape index (κ1) is 36.3. The summed E-state index contributed by atoms with van der Waals surface area (Å²) in [5.41, 5.74) is 0.653. The van der Waals surface area contributed by atoms with Crippen LogP contribution in [0.1, 0.15) is 97.4 Å². The van der Waals surface area contributed by atoms with Gasteiger partial charge in [0, 0.05) is 12.5 Å². The molecule has 3 amide bonds.